The molecule has 3 aromatic carbocycles. The van der Waals surface area contributed by atoms with Gasteiger partial charge in [-0.05, 0) is 64.6 Å². The van der Waals surface area contributed by atoms with Crippen LogP contribution in [-0.4, -0.2) is 41.9 Å². The normalized spacial score (nSPS) is 20.2. The summed E-state index contributed by atoms with van der Waals surface area (Å²) in [6.07, 6.45) is 5.73. The number of rotatable bonds is 7. The summed E-state index contributed by atoms with van der Waals surface area (Å²) in [6.45, 7) is 1.12. The fourth-order valence-corrected chi connectivity index (χ4v) is 7.77. The van der Waals surface area contributed by atoms with E-state index in [1.807, 2.05) is 54.6 Å². The van der Waals surface area contributed by atoms with Crippen molar-refractivity contribution >= 4 is 12.0 Å². The van der Waals surface area contributed by atoms with Crippen molar-refractivity contribution in [2.75, 3.05) is 31.4 Å². The van der Waals surface area contributed by atoms with Crippen molar-refractivity contribution in [1.82, 2.24) is 9.58 Å². The van der Waals surface area contributed by atoms with Crippen molar-refractivity contribution in [3.8, 4) is 5.75 Å². The van der Waals surface area contributed by atoms with Gasteiger partial charge in [0, 0.05) is 37.6 Å². The largest absolute Gasteiger partial charge is 0.482 e. The average molecular weight is 622 g/mol. The second kappa shape index (κ2) is 11.2. The van der Waals surface area contributed by atoms with Crippen molar-refractivity contribution in [3.63, 3.8) is 0 Å². The number of aromatic nitrogens is 1. The molecule has 2 aliphatic heterocycles. The lowest BCUT2D eigenvalue weighted by atomic mass is 9.82. The van der Waals surface area contributed by atoms with Crippen LogP contribution in [0.3, 0.4) is 0 Å². The molecule has 7 nitrogen and oxygen atoms in total. The number of nitrogens with zero attached hydrogens (tertiary/aromatic N) is 3. The number of alkyl halides is 1. The van der Waals surface area contributed by atoms with Crippen LogP contribution in [0.5, 0.6) is 5.75 Å². The van der Waals surface area contributed by atoms with Gasteiger partial charge in [0.05, 0.1) is 0 Å². The molecule has 1 fully saturated rings. The zero-order chi connectivity index (χ0) is 31.4. The van der Waals surface area contributed by atoms with Gasteiger partial charge < -0.3 is 14.4 Å². The molecule has 0 bridgehead atoms. The molecule has 1 amide bonds. The first-order valence-electron chi connectivity index (χ1n) is 15.7. The summed E-state index contributed by atoms with van der Waals surface area (Å²) in [5.74, 6) is -0.658. The van der Waals surface area contributed by atoms with Gasteiger partial charge in [0.25, 0.3) is 5.91 Å². The molecule has 0 radical (unpaired) electrons. The lowest BCUT2D eigenvalue weighted by molar-refractivity contribution is 0.0398. The first-order chi connectivity index (χ1) is 22.5. The first kappa shape index (κ1) is 28.7. The van der Waals surface area contributed by atoms with E-state index in [0.717, 1.165) is 40.7 Å². The summed E-state index contributed by atoms with van der Waals surface area (Å²) < 4.78 is 43.0. The molecule has 0 saturated carbocycles. The summed E-state index contributed by atoms with van der Waals surface area (Å²) in [5, 5.41) is 2.08. The molecule has 0 spiro atoms. The summed E-state index contributed by atoms with van der Waals surface area (Å²) >= 11 is 0. The van der Waals surface area contributed by atoms with Crippen LogP contribution in [0.25, 0.3) is 6.08 Å². The van der Waals surface area contributed by atoms with E-state index in [4.69, 9.17) is 9.47 Å². The Labute approximate surface area is 265 Å². The number of benzene rings is 3. The minimum Gasteiger partial charge on any atom is -0.482 e. The van der Waals surface area contributed by atoms with E-state index in [0.29, 0.717) is 31.7 Å². The van der Waals surface area contributed by atoms with E-state index < -0.39 is 23.5 Å². The quantitative estimate of drug-likeness (QED) is 0.265. The maximum atomic E-state index is 15.0. The number of halogens is 2. The molecule has 2 aliphatic carbocycles. The third-order valence-electron chi connectivity index (χ3n) is 9.93. The van der Waals surface area contributed by atoms with Crippen molar-refractivity contribution in [3.05, 3.63) is 140 Å². The van der Waals surface area contributed by atoms with Crippen LogP contribution >= 0.6 is 0 Å². The number of amides is 1. The lowest BCUT2D eigenvalue weighted by Crippen LogP contribution is -2.63. The maximum Gasteiger partial charge on any atom is 0.277 e. The first-order valence-corrected chi connectivity index (χ1v) is 15.7. The fourth-order valence-electron chi connectivity index (χ4n) is 7.77. The fraction of sp³-hybridized carbons (Fsp3) is 0.297. The van der Waals surface area contributed by atoms with Gasteiger partial charge in [-0.1, -0.05) is 66.7 Å². The number of hydrogen-bond donors (Lipinski definition) is 0. The van der Waals surface area contributed by atoms with Crippen LogP contribution in [0.2, 0.25) is 0 Å². The van der Waals surface area contributed by atoms with Gasteiger partial charge in [-0.2, -0.15) is 0 Å². The van der Waals surface area contributed by atoms with Crippen molar-refractivity contribution in [1.29, 1.82) is 0 Å². The van der Waals surface area contributed by atoms with E-state index in [9.17, 15) is 14.0 Å². The predicted octanol–water partition coefficient (Wildman–Crippen LogP) is 5.71. The Bertz CT molecular complexity index is 1940. The van der Waals surface area contributed by atoms with Crippen molar-refractivity contribution in [2.45, 2.75) is 38.1 Å². The molecule has 234 valence electrons. The maximum absolute atomic E-state index is 15.0. The zero-order valence-electron chi connectivity index (χ0n) is 25.3. The molecule has 8 rings (SSSR count). The molecular formula is C37H33F2N3O4. The van der Waals surface area contributed by atoms with Gasteiger partial charge in [0.15, 0.2) is 11.4 Å². The highest BCUT2D eigenvalue weighted by molar-refractivity contribution is 5.96. The number of ether oxygens (including phenoxy) is 2. The summed E-state index contributed by atoms with van der Waals surface area (Å²) in [6, 6.07) is 22.0. The predicted molar refractivity (Wildman–Crippen MR) is 169 cm³/mol. The highest BCUT2D eigenvalue weighted by atomic mass is 19.1. The molecule has 1 atom stereocenters. The van der Waals surface area contributed by atoms with Crippen LogP contribution in [-0.2, 0) is 30.0 Å². The average Bonchev–Trinajstić information content (AvgIpc) is 3.58. The van der Waals surface area contributed by atoms with E-state index in [-0.39, 0.29) is 42.1 Å². The SMILES string of the molecule is O=C1c2c(OCc3ccccc3)c(=O)ccn2N(C23C(=Cc4ccccc42)Cc2c3ccc(F)c2CF)CN1CC1CCOCC1. The van der Waals surface area contributed by atoms with Gasteiger partial charge in [0.2, 0.25) is 5.43 Å². The highest BCUT2D eigenvalue weighted by Crippen LogP contribution is 2.56. The molecule has 1 unspecified atom stereocenters. The minimum atomic E-state index is -0.974. The van der Waals surface area contributed by atoms with Gasteiger partial charge in [-0.3, -0.25) is 19.3 Å². The number of carbonyl (C=O) groups is 1. The molecule has 46 heavy (non-hydrogen) atoms. The topological polar surface area (TPSA) is 64.0 Å². The zero-order valence-corrected chi connectivity index (χ0v) is 25.3. The van der Waals surface area contributed by atoms with Crippen LogP contribution in [0.15, 0.2) is 89.4 Å². The van der Waals surface area contributed by atoms with E-state index in [1.165, 1.54) is 12.1 Å². The van der Waals surface area contributed by atoms with E-state index in [1.54, 1.807) is 21.8 Å². The Balaban J connectivity index is 1.34. The van der Waals surface area contributed by atoms with Crippen molar-refractivity contribution in [2.24, 2.45) is 5.92 Å². The minimum absolute atomic E-state index is 0.0204. The Kier molecular flexibility index (Phi) is 7.01. The Morgan fingerprint density at radius 1 is 0.935 bits per heavy atom. The second-order valence-corrected chi connectivity index (χ2v) is 12.4. The van der Waals surface area contributed by atoms with Gasteiger partial charge in [-0.25, -0.2) is 8.78 Å². The lowest BCUT2D eigenvalue weighted by Gasteiger charge is -2.50. The summed E-state index contributed by atoms with van der Waals surface area (Å²) in [5.41, 5.74) is 4.01. The highest BCUT2D eigenvalue weighted by Gasteiger charge is 2.56. The number of carbonyl (C=O) groups excluding carboxylic acids is 1. The smallest absolute Gasteiger partial charge is 0.277 e. The van der Waals surface area contributed by atoms with E-state index in [2.05, 4.69) is 11.1 Å². The summed E-state index contributed by atoms with van der Waals surface area (Å²) in [4.78, 5) is 29.8. The van der Waals surface area contributed by atoms with Crippen LogP contribution in [0.1, 0.15) is 56.7 Å². The third-order valence-corrected chi connectivity index (χ3v) is 9.93. The Hall–Kier alpha value is -4.76. The van der Waals surface area contributed by atoms with Gasteiger partial charge in [0.1, 0.15) is 31.3 Å². The van der Waals surface area contributed by atoms with Crippen LogP contribution in [0, 0.1) is 11.7 Å². The molecule has 4 aromatic rings. The third kappa shape index (κ3) is 4.32. The number of hydrogen-bond acceptors (Lipinski definition) is 5. The Morgan fingerprint density at radius 2 is 1.72 bits per heavy atom. The van der Waals surface area contributed by atoms with E-state index >= 15 is 4.39 Å². The number of fused-ring (bicyclic) bond motifs is 6. The molecule has 3 heterocycles. The summed E-state index contributed by atoms with van der Waals surface area (Å²) in [7, 11) is 0. The van der Waals surface area contributed by atoms with Crippen LogP contribution < -0.4 is 15.2 Å². The van der Waals surface area contributed by atoms with Crippen LogP contribution in [0.4, 0.5) is 8.78 Å². The molecule has 9 heteroatoms. The van der Waals surface area contributed by atoms with Gasteiger partial charge >= 0.3 is 0 Å². The standard InChI is InChI=1S/C37H33F2N3O4/c38-20-29-28-19-27-18-26-8-4-5-9-30(26)37(27,31(28)10-11-32(29)39)42-23-40(21-24-13-16-45-17-14-24)36(44)34-35(33(43)12-15-41(34)42)46-22-25-6-2-1-3-7-25/h1-12,15,18,24H,13-14,16-17,19-23H2. The monoisotopic (exact) mass is 621 g/mol. The van der Waals surface area contributed by atoms with Crippen molar-refractivity contribution < 1.29 is 23.0 Å². The molecule has 1 saturated heterocycles. The Morgan fingerprint density at radius 3 is 2.52 bits per heavy atom. The molecule has 1 aromatic heterocycles. The van der Waals surface area contributed by atoms with Gasteiger partial charge in [-0.15, -0.1) is 0 Å². The second-order valence-electron chi connectivity index (χ2n) is 12.4. The number of pyridine rings is 1. The molecule has 4 aliphatic rings. The molecule has 0 N–H and O–H groups in total. The molecular weight excluding hydrogens is 588 g/mol.